The van der Waals surface area contributed by atoms with Gasteiger partial charge in [0, 0.05) is 16.7 Å². The molecule has 0 radical (unpaired) electrons. The zero-order valence-electron chi connectivity index (χ0n) is 11.3. The van der Waals surface area contributed by atoms with Gasteiger partial charge in [0.1, 0.15) is 0 Å². The molecule has 0 aliphatic carbocycles. The maximum atomic E-state index is 11.1. The minimum Gasteiger partial charge on any atom is -0.452 e. The van der Waals surface area contributed by atoms with Gasteiger partial charge >= 0.3 is 6.09 Å². The SMILES string of the molecule is COC(=O)NSc1cc(-c2ncc(C)cc2Cl)ccc1Cl. The summed E-state index contributed by atoms with van der Waals surface area (Å²) < 4.78 is 7.02. The predicted octanol–water partition coefficient (Wildman–Crippen LogP) is 4.73. The van der Waals surface area contributed by atoms with Gasteiger partial charge in [-0.15, -0.1) is 0 Å². The first kappa shape index (κ1) is 15.9. The van der Waals surface area contributed by atoms with Crippen LogP contribution in [0.25, 0.3) is 11.3 Å². The standard InChI is InChI=1S/C14H12Cl2N2O2S/c1-8-5-11(16)13(17-7-8)9-3-4-10(15)12(6-9)21-18-14(19)20-2/h3-7H,1-2H3,(H,18,19). The van der Waals surface area contributed by atoms with Crippen molar-refractivity contribution in [3.8, 4) is 11.3 Å². The Kier molecular flexibility index (Phi) is 5.33. The highest BCUT2D eigenvalue weighted by atomic mass is 35.5. The third-order valence-electron chi connectivity index (χ3n) is 2.61. The Bertz CT molecular complexity index is 680. The Morgan fingerprint density at radius 1 is 1.29 bits per heavy atom. The van der Waals surface area contributed by atoms with Crippen LogP contribution in [-0.4, -0.2) is 18.2 Å². The average molecular weight is 343 g/mol. The topological polar surface area (TPSA) is 51.2 Å². The summed E-state index contributed by atoms with van der Waals surface area (Å²) in [7, 11) is 1.30. The number of methoxy groups -OCH3 is 1. The first-order chi connectivity index (χ1) is 10.0. The number of nitrogens with one attached hydrogen (secondary N) is 1. The van der Waals surface area contributed by atoms with Crippen molar-refractivity contribution in [2.45, 2.75) is 11.8 Å². The fraction of sp³-hybridized carbons (Fsp3) is 0.143. The van der Waals surface area contributed by atoms with Gasteiger partial charge < -0.3 is 4.74 Å². The molecule has 0 saturated heterocycles. The van der Waals surface area contributed by atoms with Crippen molar-refractivity contribution in [2.24, 2.45) is 0 Å². The van der Waals surface area contributed by atoms with Crippen LogP contribution < -0.4 is 4.72 Å². The molecule has 1 aromatic carbocycles. The largest absolute Gasteiger partial charge is 0.452 e. The van der Waals surface area contributed by atoms with E-state index in [1.54, 1.807) is 12.3 Å². The molecule has 4 nitrogen and oxygen atoms in total. The van der Waals surface area contributed by atoms with Gasteiger partial charge in [-0.25, -0.2) is 4.79 Å². The summed E-state index contributed by atoms with van der Waals surface area (Å²) in [6.45, 7) is 1.92. The van der Waals surface area contributed by atoms with E-state index in [1.807, 2.05) is 25.1 Å². The van der Waals surface area contributed by atoms with Crippen LogP contribution in [0.4, 0.5) is 4.79 Å². The number of pyridine rings is 1. The summed E-state index contributed by atoms with van der Waals surface area (Å²) in [5, 5.41) is 1.08. The molecular formula is C14H12Cl2N2O2S. The van der Waals surface area contributed by atoms with E-state index in [9.17, 15) is 4.79 Å². The Morgan fingerprint density at radius 3 is 2.71 bits per heavy atom. The monoisotopic (exact) mass is 342 g/mol. The molecule has 0 aliphatic heterocycles. The molecule has 0 atom stereocenters. The highest BCUT2D eigenvalue weighted by Gasteiger charge is 2.10. The summed E-state index contributed by atoms with van der Waals surface area (Å²) in [4.78, 5) is 16.1. The Hall–Kier alpha value is -1.43. The summed E-state index contributed by atoms with van der Waals surface area (Å²) in [5.41, 5.74) is 2.47. The smallest absolute Gasteiger partial charge is 0.417 e. The van der Waals surface area contributed by atoms with Gasteiger partial charge in [-0.05, 0) is 42.6 Å². The number of rotatable bonds is 3. The van der Waals surface area contributed by atoms with Crippen molar-refractivity contribution in [3.05, 3.63) is 46.1 Å². The van der Waals surface area contributed by atoms with Crippen molar-refractivity contribution in [3.63, 3.8) is 0 Å². The molecule has 1 heterocycles. The molecule has 0 spiro atoms. The minimum atomic E-state index is -0.548. The third-order valence-corrected chi connectivity index (χ3v) is 4.17. The summed E-state index contributed by atoms with van der Waals surface area (Å²) in [5.74, 6) is 0. The molecule has 1 amide bonds. The second-order valence-corrected chi connectivity index (χ2v) is 5.85. The van der Waals surface area contributed by atoms with Crippen LogP contribution in [0, 0.1) is 6.92 Å². The number of carbonyl (C=O) groups excluding carboxylic acids is 1. The Morgan fingerprint density at radius 2 is 2.05 bits per heavy atom. The second kappa shape index (κ2) is 7.02. The molecule has 1 N–H and O–H groups in total. The summed E-state index contributed by atoms with van der Waals surface area (Å²) in [6, 6.07) is 7.22. The zero-order valence-corrected chi connectivity index (χ0v) is 13.6. The molecule has 0 fully saturated rings. The van der Waals surface area contributed by atoms with Crippen LogP contribution in [0.2, 0.25) is 10.0 Å². The molecule has 0 aliphatic rings. The first-order valence-corrected chi connectivity index (χ1v) is 7.51. The van der Waals surface area contributed by atoms with E-state index in [2.05, 4.69) is 14.4 Å². The van der Waals surface area contributed by atoms with E-state index >= 15 is 0 Å². The van der Waals surface area contributed by atoms with Gasteiger partial charge in [-0.3, -0.25) is 9.71 Å². The zero-order chi connectivity index (χ0) is 15.4. The van der Waals surface area contributed by atoms with E-state index in [1.165, 1.54) is 7.11 Å². The second-order valence-electron chi connectivity index (χ2n) is 4.18. The first-order valence-electron chi connectivity index (χ1n) is 5.94. The number of amides is 1. The molecule has 2 aromatic rings. The number of ether oxygens (including phenoxy) is 1. The minimum absolute atomic E-state index is 0.517. The molecular weight excluding hydrogens is 331 g/mol. The fourth-order valence-corrected chi connectivity index (χ4v) is 2.80. The van der Waals surface area contributed by atoms with Gasteiger partial charge in [-0.2, -0.15) is 0 Å². The van der Waals surface area contributed by atoms with E-state index in [0.717, 1.165) is 23.1 Å². The molecule has 0 unspecified atom stereocenters. The lowest BCUT2D eigenvalue weighted by atomic mass is 10.1. The number of hydrogen-bond donors (Lipinski definition) is 1. The van der Waals surface area contributed by atoms with Crippen molar-refractivity contribution < 1.29 is 9.53 Å². The molecule has 0 bridgehead atoms. The van der Waals surface area contributed by atoms with E-state index < -0.39 is 6.09 Å². The average Bonchev–Trinajstić information content (AvgIpc) is 2.46. The number of aromatic nitrogens is 1. The van der Waals surface area contributed by atoms with Crippen LogP contribution in [0.5, 0.6) is 0 Å². The van der Waals surface area contributed by atoms with Crippen LogP contribution in [0.1, 0.15) is 5.56 Å². The van der Waals surface area contributed by atoms with Crippen LogP contribution in [0.15, 0.2) is 35.4 Å². The van der Waals surface area contributed by atoms with Crippen LogP contribution in [0.3, 0.4) is 0 Å². The molecule has 7 heteroatoms. The van der Waals surface area contributed by atoms with Gasteiger partial charge in [0.2, 0.25) is 0 Å². The van der Waals surface area contributed by atoms with Gasteiger partial charge in [-0.1, -0.05) is 29.3 Å². The van der Waals surface area contributed by atoms with Gasteiger partial charge in [0.15, 0.2) is 0 Å². The predicted molar refractivity (Wildman–Crippen MR) is 85.8 cm³/mol. The Labute approximate surface area is 136 Å². The summed E-state index contributed by atoms with van der Waals surface area (Å²) in [6.07, 6.45) is 1.20. The number of benzene rings is 1. The fourth-order valence-electron chi connectivity index (χ4n) is 1.61. The van der Waals surface area contributed by atoms with Crippen LogP contribution in [-0.2, 0) is 4.74 Å². The van der Waals surface area contributed by atoms with Crippen LogP contribution >= 0.6 is 35.1 Å². The Balaban J connectivity index is 2.31. The lowest BCUT2D eigenvalue weighted by Crippen LogP contribution is -2.14. The van der Waals surface area contributed by atoms with Gasteiger partial charge in [0.25, 0.3) is 0 Å². The molecule has 2 rings (SSSR count). The van der Waals surface area contributed by atoms with E-state index in [0.29, 0.717) is 20.6 Å². The van der Waals surface area contributed by atoms with E-state index in [-0.39, 0.29) is 0 Å². The maximum absolute atomic E-state index is 11.1. The third kappa shape index (κ3) is 4.03. The number of aryl methyl sites for hydroxylation is 1. The number of halogens is 2. The normalized spacial score (nSPS) is 10.3. The number of hydrogen-bond acceptors (Lipinski definition) is 4. The molecule has 21 heavy (non-hydrogen) atoms. The summed E-state index contributed by atoms with van der Waals surface area (Å²) >= 11 is 13.4. The maximum Gasteiger partial charge on any atom is 0.417 e. The van der Waals surface area contributed by atoms with Crippen molar-refractivity contribution in [1.29, 1.82) is 0 Å². The van der Waals surface area contributed by atoms with Crippen molar-refractivity contribution >= 4 is 41.2 Å². The number of nitrogens with zero attached hydrogens (tertiary/aromatic N) is 1. The molecule has 1 aromatic heterocycles. The van der Waals surface area contributed by atoms with E-state index in [4.69, 9.17) is 23.2 Å². The lowest BCUT2D eigenvalue weighted by molar-refractivity contribution is 0.178. The highest BCUT2D eigenvalue weighted by molar-refractivity contribution is 7.98. The van der Waals surface area contributed by atoms with Crippen molar-refractivity contribution in [2.75, 3.05) is 7.11 Å². The highest BCUT2D eigenvalue weighted by Crippen LogP contribution is 2.33. The van der Waals surface area contributed by atoms with Crippen molar-refractivity contribution in [1.82, 2.24) is 9.71 Å². The molecule has 110 valence electrons. The lowest BCUT2D eigenvalue weighted by Gasteiger charge is -2.09. The quantitative estimate of drug-likeness (QED) is 0.819. The molecule has 0 saturated carbocycles. The van der Waals surface area contributed by atoms with Gasteiger partial charge in [0.05, 0.1) is 22.8 Å². The number of carbonyl (C=O) groups is 1.